The van der Waals surface area contributed by atoms with E-state index in [1.54, 1.807) is 17.0 Å². The highest BCUT2D eigenvalue weighted by Gasteiger charge is 2.27. The van der Waals surface area contributed by atoms with Gasteiger partial charge in [0.1, 0.15) is 5.60 Å². The largest absolute Gasteiger partial charge is 0.478 e. The number of piperazine rings is 1. The number of carbonyl (C=O) groups excluding carboxylic acids is 1. The molecule has 8 heteroatoms. The van der Waals surface area contributed by atoms with Crippen molar-refractivity contribution in [2.24, 2.45) is 5.92 Å². The van der Waals surface area contributed by atoms with Crippen LogP contribution in [0, 0.1) is 5.92 Å². The first-order chi connectivity index (χ1) is 20.1. The van der Waals surface area contributed by atoms with Crippen LogP contribution >= 0.6 is 11.6 Å². The minimum Gasteiger partial charge on any atom is -0.478 e. The van der Waals surface area contributed by atoms with E-state index in [4.69, 9.17) is 16.3 Å². The molecule has 2 aliphatic rings. The van der Waals surface area contributed by atoms with Crippen LogP contribution in [0.25, 0.3) is 11.1 Å². The molecule has 222 valence electrons. The lowest BCUT2D eigenvalue weighted by Gasteiger charge is -2.37. The number of carboxylic acid groups (broad SMARTS) is 1. The number of ether oxygens (including phenoxy) is 1. The Labute approximate surface area is 253 Å². The quantitative estimate of drug-likeness (QED) is 0.327. The molecule has 1 N–H and O–H groups in total. The standard InChI is InChI=1S/C34H40ClN3O4/c1-34(2,3)42-33(41)38-20-18-37(19-21-38)30-12-13-31(25-4-8-28(35)9-5-25)27(23-30)22-24-14-16-36(17-15-24)29-10-6-26(7-11-29)32(39)40/h4-13,23-24H,14-22H2,1-3H3,(H,39,40). The van der Waals surface area contributed by atoms with E-state index in [0.29, 0.717) is 24.6 Å². The van der Waals surface area contributed by atoms with Gasteiger partial charge in [0.2, 0.25) is 0 Å². The van der Waals surface area contributed by atoms with Gasteiger partial charge in [0.15, 0.2) is 0 Å². The lowest BCUT2D eigenvalue weighted by molar-refractivity contribution is 0.0240. The molecular weight excluding hydrogens is 550 g/mol. The number of halogens is 1. The van der Waals surface area contributed by atoms with Crippen LogP contribution in [0.3, 0.4) is 0 Å². The van der Waals surface area contributed by atoms with Crippen LogP contribution < -0.4 is 9.80 Å². The Hall–Kier alpha value is -3.71. The molecule has 0 aromatic heterocycles. The number of benzene rings is 3. The maximum absolute atomic E-state index is 12.6. The number of piperidine rings is 1. The molecule has 0 saturated carbocycles. The van der Waals surface area contributed by atoms with Crippen molar-refractivity contribution in [1.29, 1.82) is 0 Å². The summed E-state index contributed by atoms with van der Waals surface area (Å²) in [5, 5.41) is 9.93. The predicted molar refractivity (Wildman–Crippen MR) is 169 cm³/mol. The number of amides is 1. The number of aromatic carboxylic acids is 1. The van der Waals surface area contributed by atoms with Crippen LogP contribution in [0.2, 0.25) is 5.02 Å². The minimum absolute atomic E-state index is 0.245. The zero-order chi connectivity index (χ0) is 29.9. The second-order valence-corrected chi connectivity index (χ2v) is 12.7. The number of carboxylic acids is 1. The number of anilines is 2. The summed E-state index contributed by atoms with van der Waals surface area (Å²) in [5.41, 5.74) is 5.79. The number of hydrogen-bond acceptors (Lipinski definition) is 5. The fraction of sp³-hybridized carbons (Fsp3) is 0.412. The van der Waals surface area contributed by atoms with Crippen molar-refractivity contribution >= 4 is 35.0 Å². The number of hydrogen-bond donors (Lipinski definition) is 1. The molecule has 0 unspecified atom stereocenters. The first kappa shape index (κ1) is 29.8. The van der Waals surface area contributed by atoms with Crippen molar-refractivity contribution in [2.45, 2.75) is 45.6 Å². The van der Waals surface area contributed by atoms with Gasteiger partial charge in [-0.3, -0.25) is 0 Å². The first-order valence-electron chi connectivity index (χ1n) is 14.8. The summed E-state index contributed by atoms with van der Waals surface area (Å²) in [4.78, 5) is 30.3. The van der Waals surface area contributed by atoms with Crippen molar-refractivity contribution in [2.75, 3.05) is 49.1 Å². The molecule has 5 rings (SSSR count). The second-order valence-electron chi connectivity index (χ2n) is 12.3. The van der Waals surface area contributed by atoms with E-state index in [1.807, 2.05) is 45.0 Å². The second kappa shape index (κ2) is 12.7. The molecule has 0 bridgehead atoms. The average Bonchev–Trinajstić information content (AvgIpc) is 2.97. The summed E-state index contributed by atoms with van der Waals surface area (Å²) in [6.45, 7) is 10.4. The third kappa shape index (κ3) is 7.37. The third-order valence-electron chi connectivity index (χ3n) is 8.14. The lowest BCUT2D eigenvalue weighted by Crippen LogP contribution is -2.50. The molecular formula is C34H40ClN3O4. The average molecular weight is 590 g/mol. The van der Waals surface area contributed by atoms with Crippen LogP contribution in [0.5, 0.6) is 0 Å². The molecule has 0 radical (unpaired) electrons. The Balaban J connectivity index is 1.28. The van der Waals surface area contributed by atoms with Gasteiger partial charge in [-0.25, -0.2) is 9.59 Å². The molecule has 0 spiro atoms. The summed E-state index contributed by atoms with van der Waals surface area (Å²) in [7, 11) is 0. The van der Waals surface area contributed by atoms with E-state index in [0.717, 1.165) is 61.7 Å². The van der Waals surface area contributed by atoms with E-state index < -0.39 is 11.6 Å². The van der Waals surface area contributed by atoms with Crippen molar-refractivity contribution in [3.05, 3.63) is 82.9 Å². The highest BCUT2D eigenvalue weighted by atomic mass is 35.5. The summed E-state index contributed by atoms with van der Waals surface area (Å²) < 4.78 is 5.58. The molecule has 0 aliphatic carbocycles. The Morgan fingerprint density at radius 2 is 1.43 bits per heavy atom. The van der Waals surface area contributed by atoms with Gasteiger partial charge in [0.05, 0.1) is 5.56 Å². The Morgan fingerprint density at radius 1 is 0.833 bits per heavy atom. The summed E-state index contributed by atoms with van der Waals surface area (Å²) in [6.07, 6.45) is 2.87. The van der Waals surface area contributed by atoms with Gasteiger partial charge in [0, 0.05) is 55.7 Å². The van der Waals surface area contributed by atoms with E-state index in [1.165, 1.54) is 16.8 Å². The zero-order valence-corrected chi connectivity index (χ0v) is 25.4. The Kier molecular flexibility index (Phi) is 8.97. The fourth-order valence-corrected chi connectivity index (χ4v) is 5.98. The maximum atomic E-state index is 12.6. The highest BCUT2D eigenvalue weighted by Crippen LogP contribution is 2.34. The molecule has 2 saturated heterocycles. The van der Waals surface area contributed by atoms with Gasteiger partial charge >= 0.3 is 12.1 Å². The molecule has 2 fully saturated rings. The lowest BCUT2D eigenvalue weighted by atomic mass is 9.86. The predicted octanol–water partition coefficient (Wildman–Crippen LogP) is 7.22. The summed E-state index contributed by atoms with van der Waals surface area (Å²) in [6, 6.07) is 22.0. The molecule has 3 aromatic carbocycles. The van der Waals surface area contributed by atoms with Crippen molar-refractivity contribution in [3.8, 4) is 11.1 Å². The number of carbonyl (C=O) groups is 2. The first-order valence-corrected chi connectivity index (χ1v) is 15.1. The fourth-order valence-electron chi connectivity index (χ4n) is 5.85. The highest BCUT2D eigenvalue weighted by molar-refractivity contribution is 6.30. The van der Waals surface area contributed by atoms with E-state index >= 15 is 0 Å². The third-order valence-corrected chi connectivity index (χ3v) is 8.40. The number of nitrogens with zero attached hydrogens (tertiary/aromatic N) is 3. The minimum atomic E-state index is -0.899. The topological polar surface area (TPSA) is 73.3 Å². The van der Waals surface area contributed by atoms with Crippen LogP contribution in [0.1, 0.15) is 49.5 Å². The van der Waals surface area contributed by atoms with Crippen LogP contribution in [-0.2, 0) is 11.2 Å². The van der Waals surface area contributed by atoms with Gasteiger partial charge in [-0.1, -0.05) is 29.8 Å². The van der Waals surface area contributed by atoms with Crippen LogP contribution in [-0.4, -0.2) is 66.9 Å². The van der Waals surface area contributed by atoms with Gasteiger partial charge in [-0.2, -0.15) is 0 Å². The van der Waals surface area contributed by atoms with Gasteiger partial charge in [-0.05, 0) is 111 Å². The molecule has 0 atom stereocenters. The van der Waals surface area contributed by atoms with Crippen molar-refractivity contribution in [1.82, 2.24) is 4.90 Å². The van der Waals surface area contributed by atoms with Gasteiger partial charge < -0.3 is 24.5 Å². The van der Waals surface area contributed by atoms with Gasteiger partial charge in [-0.15, -0.1) is 0 Å². The molecule has 2 heterocycles. The van der Waals surface area contributed by atoms with E-state index in [9.17, 15) is 14.7 Å². The summed E-state index contributed by atoms with van der Waals surface area (Å²) in [5.74, 6) is -0.353. The molecule has 7 nitrogen and oxygen atoms in total. The van der Waals surface area contributed by atoms with Crippen molar-refractivity contribution < 1.29 is 19.4 Å². The number of rotatable bonds is 6. The smallest absolute Gasteiger partial charge is 0.410 e. The van der Waals surface area contributed by atoms with E-state index in [2.05, 4.69) is 40.1 Å². The molecule has 2 aliphatic heterocycles. The normalized spacial score (nSPS) is 16.4. The van der Waals surface area contributed by atoms with E-state index in [-0.39, 0.29) is 6.09 Å². The SMILES string of the molecule is CC(C)(C)OC(=O)N1CCN(c2ccc(-c3ccc(Cl)cc3)c(CC3CCN(c4ccc(C(=O)O)cc4)CC3)c2)CC1. The molecule has 1 amide bonds. The summed E-state index contributed by atoms with van der Waals surface area (Å²) >= 11 is 6.20. The monoisotopic (exact) mass is 589 g/mol. The zero-order valence-electron chi connectivity index (χ0n) is 24.7. The van der Waals surface area contributed by atoms with Crippen LogP contribution in [0.15, 0.2) is 66.7 Å². The Morgan fingerprint density at radius 3 is 2.02 bits per heavy atom. The molecule has 42 heavy (non-hydrogen) atoms. The van der Waals surface area contributed by atoms with Gasteiger partial charge in [0.25, 0.3) is 0 Å². The molecule has 3 aromatic rings. The maximum Gasteiger partial charge on any atom is 0.410 e. The Bertz CT molecular complexity index is 1390. The van der Waals surface area contributed by atoms with Crippen molar-refractivity contribution in [3.63, 3.8) is 0 Å². The van der Waals surface area contributed by atoms with Crippen LogP contribution in [0.4, 0.5) is 16.2 Å².